The van der Waals surface area contributed by atoms with Gasteiger partial charge < -0.3 is 14.8 Å². The molecule has 2 N–H and O–H groups in total. The normalized spacial score (nSPS) is 15.7. The molecule has 0 radical (unpaired) electrons. The van der Waals surface area contributed by atoms with Crippen LogP contribution in [0.25, 0.3) is 16.9 Å². The lowest BCUT2D eigenvalue weighted by Crippen LogP contribution is -2.38. The van der Waals surface area contributed by atoms with E-state index < -0.39 is 10.0 Å². The van der Waals surface area contributed by atoms with E-state index in [9.17, 15) is 18.3 Å². The quantitative estimate of drug-likeness (QED) is 0.459. The van der Waals surface area contributed by atoms with Crippen LogP contribution in [0.5, 0.6) is 5.75 Å². The van der Waals surface area contributed by atoms with E-state index >= 15 is 0 Å². The molecule has 3 aromatic rings. The first kappa shape index (κ1) is 25.3. The molecule has 11 heteroatoms. The second-order valence-electron chi connectivity index (χ2n) is 8.88. The molecule has 0 atom stereocenters. The van der Waals surface area contributed by atoms with Crippen LogP contribution in [0.2, 0.25) is 0 Å². The third-order valence-corrected chi connectivity index (χ3v) is 8.37. The van der Waals surface area contributed by atoms with Crippen LogP contribution in [0.15, 0.2) is 27.9 Å². The number of piperidine rings is 1. The Morgan fingerprint density at radius 2 is 1.97 bits per heavy atom. The van der Waals surface area contributed by atoms with Crippen molar-refractivity contribution in [3.05, 3.63) is 40.1 Å². The number of sulfonamides is 1. The lowest BCUT2D eigenvalue weighted by atomic mass is 9.95. The molecular formula is C24H33N5O5S. The molecule has 0 bridgehead atoms. The van der Waals surface area contributed by atoms with Crippen molar-refractivity contribution >= 4 is 15.5 Å². The molecule has 0 amide bonds. The molecule has 190 valence electrons. The Hall–Kier alpha value is -2.76. The first-order valence-corrected chi connectivity index (χ1v) is 13.6. The predicted octanol–water partition coefficient (Wildman–Crippen LogP) is 2.53. The van der Waals surface area contributed by atoms with E-state index in [1.807, 2.05) is 13.8 Å². The Balaban J connectivity index is 1.78. The fraction of sp³-hybridized carbons (Fsp3) is 0.542. The molecule has 1 saturated heterocycles. The predicted molar refractivity (Wildman–Crippen MR) is 132 cm³/mol. The Kier molecular flexibility index (Phi) is 7.58. The Labute approximate surface area is 205 Å². The molecule has 0 aliphatic carbocycles. The summed E-state index contributed by atoms with van der Waals surface area (Å²) in [6.45, 7) is 6.94. The Morgan fingerprint density at radius 1 is 1.23 bits per heavy atom. The molecule has 1 aliphatic heterocycles. The number of hydrogen-bond acceptors (Lipinski definition) is 7. The molecule has 1 aliphatic rings. The summed E-state index contributed by atoms with van der Waals surface area (Å²) in [5.74, 6) is 1.67. The fourth-order valence-corrected chi connectivity index (χ4v) is 6.15. The lowest BCUT2D eigenvalue weighted by molar-refractivity contribution is 0.208. The van der Waals surface area contributed by atoms with Gasteiger partial charge in [0.15, 0.2) is 11.3 Å². The highest BCUT2D eigenvalue weighted by Gasteiger charge is 2.30. The van der Waals surface area contributed by atoms with Gasteiger partial charge in [0, 0.05) is 26.1 Å². The van der Waals surface area contributed by atoms with Crippen LogP contribution in [0.1, 0.15) is 51.0 Å². The summed E-state index contributed by atoms with van der Waals surface area (Å²) in [6, 6.07) is 4.66. The number of nitrogens with zero attached hydrogens (tertiary/aromatic N) is 4. The SMILES string of the molecule is CCCc1nc(C)c2c(=O)[nH]c(-c3cc(S(=O)(=O)N4CCC(CCO)CC4)ccc3OCC)nn12. The summed E-state index contributed by atoms with van der Waals surface area (Å²) in [5, 5.41) is 13.8. The molecule has 4 rings (SSSR count). The molecular weight excluding hydrogens is 470 g/mol. The number of imidazole rings is 1. The molecule has 0 unspecified atom stereocenters. The van der Waals surface area contributed by atoms with Crippen LogP contribution >= 0.6 is 0 Å². The summed E-state index contributed by atoms with van der Waals surface area (Å²) < 4.78 is 35.7. The minimum atomic E-state index is -3.75. The topological polar surface area (TPSA) is 130 Å². The number of rotatable bonds is 9. The van der Waals surface area contributed by atoms with Gasteiger partial charge in [0.2, 0.25) is 10.0 Å². The molecule has 2 aromatic heterocycles. The fourth-order valence-electron chi connectivity index (χ4n) is 4.65. The third kappa shape index (κ3) is 4.98. The summed E-state index contributed by atoms with van der Waals surface area (Å²) >= 11 is 0. The molecule has 0 saturated carbocycles. The van der Waals surface area contributed by atoms with Gasteiger partial charge in [-0.3, -0.25) is 4.79 Å². The molecule has 10 nitrogen and oxygen atoms in total. The van der Waals surface area contributed by atoms with Crippen LogP contribution in [0, 0.1) is 12.8 Å². The maximum absolute atomic E-state index is 13.5. The minimum absolute atomic E-state index is 0.117. The van der Waals surface area contributed by atoms with Gasteiger partial charge >= 0.3 is 0 Å². The van der Waals surface area contributed by atoms with E-state index in [0.29, 0.717) is 66.8 Å². The number of aryl methyl sites for hydroxylation is 2. The summed E-state index contributed by atoms with van der Waals surface area (Å²) in [5.41, 5.74) is 1.03. The Bertz CT molecular complexity index is 1360. The number of aliphatic hydroxyl groups is 1. The van der Waals surface area contributed by atoms with Gasteiger partial charge in [0.05, 0.1) is 22.8 Å². The number of benzene rings is 1. The number of ether oxygens (including phenoxy) is 1. The van der Waals surface area contributed by atoms with E-state index in [1.54, 1.807) is 17.5 Å². The van der Waals surface area contributed by atoms with E-state index in [4.69, 9.17) is 4.74 Å². The van der Waals surface area contributed by atoms with E-state index in [2.05, 4.69) is 15.1 Å². The van der Waals surface area contributed by atoms with E-state index in [1.165, 1.54) is 16.4 Å². The zero-order chi connectivity index (χ0) is 25.2. The van der Waals surface area contributed by atoms with Crippen molar-refractivity contribution in [2.45, 2.75) is 57.8 Å². The number of nitrogens with one attached hydrogen (secondary N) is 1. The number of aromatic nitrogens is 4. The largest absolute Gasteiger partial charge is 0.493 e. The molecule has 0 spiro atoms. The molecule has 3 heterocycles. The van der Waals surface area contributed by atoms with Crippen molar-refractivity contribution in [3.8, 4) is 17.1 Å². The zero-order valence-electron chi connectivity index (χ0n) is 20.5. The first-order valence-electron chi connectivity index (χ1n) is 12.2. The van der Waals surface area contributed by atoms with Gasteiger partial charge in [-0.05, 0) is 63.6 Å². The minimum Gasteiger partial charge on any atom is -0.493 e. The van der Waals surface area contributed by atoms with Crippen molar-refractivity contribution in [2.75, 3.05) is 26.3 Å². The summed E-state index contributed by atoms with van der Waals surface area (Å²) in [6.07, 6.45) is 3.63. The van der Waals surface area contributed by atoms with Gasteiger partial charge in [0.25, 0.3) is 5.56 Å². The second kappa shape index (κ2) is 10.5. The van der Waals surface area contributed by atoms with Gasteiger partial charge in [0.1, 0.15) is 11.6 Å². The zero-order valence-corrected chi connectivity index (χ0v) is 21.3. The molecule has 35 heavy (non-hydrogen) atoms. The van der Waals surface area contributed by atoms with Crippen molar-refractivity contribution in [1.29, 1.82) is 0 Å². The van der Waals surface area contributed by atoms with Gasteiger partial charge in [-0.2, -0.15) is 4.31 Å². The van der Waals surface area contributed by atoms with Crippen molar-refractivity contribution in [1.82, 2.24) is 23.9 Å². The summed E-state index contributed by atoms with van der Waals surface area (Å²) in [4.78, 5) is 20.4. The van der Waals surface area contributed by atoms with Crippen molar-refractivity contribution < 1.29 is 18.3 Å². The van der Waals surface area contributed by atoms with E-state index in [0.717, 1.165) is 19.3 Å². The summed E-state index contributed by atoms with van der Waals surface area (Å²) in [7, 11) is -3.75. The van der Waals surface area contributed by atoms with Crippen LogP contribution in [0.4, 0.5) is 0 Å². The standard InChI is InChI=1S/C24H33N5O5S/c1-4-6-21-25-16(3)22-24(31)26-23(27-29(21)22)19-15-18(7-8-20(19)34-5-2)35(32,33)28-12-9-17(10-13-28)11-14-30/h7-8,15,17,30H,4-6,9-14H2,1-3H3,(H,26,27,31). The van der Waals surface area contributed by atoms with Crippen molar-refractivity contribution in [2.24, 2.45) is 5.92 Å². The number of hydrogen-bond donors (Lipinski definition) is 2. The second-order valence-corrected chi connectivity index (χ2v) is 10.8. The van der Waals surface area contributed by atoms with E-state index in [-0.39, 0.29) is 22.9 Å². The highest BCUT2D eigenvalue weighted by Crippen LogP contribution is 2.33. The highest BCUT2D eigenvalue weighted by molar-refractivity contribution is 7.89. The van der Waals surface area contributed by atoms with Crippen molar-refractivity contribution in [3.63, 3.8) is 0 Å². The maximum Gasteiger partial charge on any atom is 0.277 e. The number of aromatic amines is 1. The van der Waals surface area contributed by atoms with Crippen LogP contribution in [-0.4, -0.2) is 63.7 Å². The van der Waals surface area contributed by atoms with Gasteiger partial charge in [-0.1, -0.05) is 6.92 Å². The van der Waals surface area contributed by atoms with Crippen LogP contribution in [-0.2, 0) is 16.4 Å². The van der Waals surface area contributed by atoms with Crippen LogP contribution < -0.4 is 10.3 Å². The monoisotopic (exact) mass is 503 g/mol. The Morgan fingerprint density at radius 3 is 2.63 bits per heavy atom. The third-order valence-electron chi connectivity index (χ3n) is 6.47. The van der Waals surface area contributed by atoms with Crippen LogP contribution in [0.3, 0.4) is 0 Å². The maximum atomic E-state index is 13.5. The lowest BCUT2D eigenvalue weighted by Gasteiger charge is -2.31. The highest BCUT2D eigenvalue weighted by atomic mass is 32.2. The number of H-pyrrole nitrogens is 1. The number of aliphatic hydroxyl groups excluding tert-OH is 1. The first-order chi connectivity index (χ1) is 16.8. The number of fused-ring (bicyclic) bond motifs is 1. The van der Waals surface area contributed by atoms with Gasteiger partial charge in [-0.15, -0.1) is 5.10 Å². The molecule has 1 fully saturated rings. The smallest absolute Gasteiger partial charge is 0.277 e. The average molecular weight is 504 g/mol. The van der Waals surface area contributed by atoms with Gasteiger partial charge in [-0.25, -0.2) is 17.9 Å². The average Bonchev–Trinajstić information content (AvgIpc) is 3.15. The molecule has 1 aromatic carbocycles.